The lowest BCUT2D eigenvalue weighted by Gasteiger charge is -2.15. The molecule has 15 heavy (non-hydrogen) atoms. The van der Waals surface area contributed by atoms with Crippen molar-refractivity contribution in [2.24, 2.45) is 0 Å². The van der Waals surface area contributed by atoms with Gasteiger partial charge in [-0.3, -0.25) is 0 Å². The average molecular weight is 225 g/mol. The molecule has 0 aliphatic heterocycles. The quantitative estimate of drug-likeness (QED) is 0.802. The predicted molar refractivity (Wildman–Crippen MR) is 71.2 cm³/mol. The van der Waals surface area contributed by atoms with Gasteiger partial charge in [0.15, 0.2) is 0 Å². The van der Waals surface area contributed by atoms with Gasteiger partial charge in [-0.1, -0.05) is 27.7 Å². The number of thiophene rings is 1. The van der Waals surface area contributed by atoms with Crippen molar-refractivity contribution in [1.82, 2.24) is 0 Å². The lowest BCUT2D eigenvalue weighted by molar-refractivity contribution is 0.604. The van der Waals surface area contributed by atoms with Crippen LogP contribution in [0.5, 0.6) is 0 Å². The molecule has 0 spiro atoms. The van der Waals surface area contributed by atoms with Gasteiger partial charge >= 0.3 is 0 Å². The topological polar surface area (TPSA) is 12.0 Å². The maximum absolute atomic E-state index is 3.53. The second-order valence-electron chi connectivity index (χ2n) is 5.35. The molecule has 0 aliphatic carbocycles. The number of rotatable bonds is 3. The van der Waals surface area contributed by atoms with Crippen molar-refractivity contribution < 1.29 is 0 Å². The molecule has 0 radical (unpaired) electrons. The molecule has 0 aromatic carbocycles. The fourth-order valence-corrected chi connectivity index (χ4v) is 2.61. The Morgan fingerprint density at radius 2 is 1.93 bits per heavy atom. The number of anilines is 1. The zero-order valence-corrected chi connectivity index (χ0v) is 11.6. The van der Waals surface area contributed by atoms with Crippen LogP contribution in [0.25, 0.3) is 0 Å². The van der Waals surface area contributed by atoms with E-state index in [0.29, 0.717) is 6.04 Å². The van der Waals surface area contributed by atoms with E-state index < -0.39 is 0 Å². The van der Waals surface area contributed by atoms with Crippen LogP contribution in [0.3, 0.4) is 0 Å². The summed E-state index contributed by atoms with van der Waals surface area (Å²) in [6, 6.07) is 2.83. The summed E-state index contributed by atoms with van der Waals surface area (Å²) in [5.74, 6) is 0. The Morgan fingerprint density at radius 1 is 1.33 bits per heavy atom. The summed E-state index contributed by atoms with van der Waals surface area (Å²) in [5, 5.41) is 3.53. The summed E-state index contributed by atoms with van der Waals surface area (Å²) in [4.78, 5) is 2.95. The molecule has 0 saturated heterocycles. The minimum Gasteiger partial charge on any atom is -0.382 e. The number of aryl methyl sites for hydroxylation is 1. The maximum atomic E-state index is 3.53. The molecule has 86 valence electrons. The summed E-state index contributed by atoms with van der Waals surface area (Å²) >= 11 is 1.95. The fraction of sp³-hybridized carbons (Fsp3) is 0.692. The fourth-order valence-electron chi connectivity index (χ4n) is 1.49. The molecule has 0 bridgehead atoms. The normalized spacial score (nSPS) is 12.2. The molecule has 1 aromatic heterocycles. The van der Waals surface area contributed by atoms with Gasteiger partial charge in [-0.15, -0.1) is 11.3 Å². The molecule has 1 nitrogen and oxygen atoms in total. The lowest BCUT2D eigenvalue weighted by Crippen LogP contribution is -2.11. The van der Waals surface area contributed by atoms with Crippen molar-refractivity contribution in [3.8, 4) is 0 Å². The minimum atomic E-state index is 0.269. The Morgan fingerprint density at radius 3 is 2.33 bits per heavy atom. The van der Waals surface area contributed by atoms with Crippen LogP contribution >= 0.6 is 11.3 Å². The zero-order chi connectivity index (χ0) is 11.6. The van der Waals surface area contributed by atoms with E-state index in [1.165, 1.54) is 15.4 Å². The lowest BCUT2D eigenvalue weighted by atomic mass is 9.94. The Balaban J connectivity index is 3.00. The third-order valence-electron chi connectivity index (χ3n) is 2.31. The smallest absolute Gasteiger partial charge is 0.0486 e. The van der Waals surface area contributed by atoms with E-state index in [9.17, 15) is 0 Å². The van der Waals surface area contributed by atoms with E-state index in [-0.39, 0.29) is 5.41 Å². The van der Waals surface area contributed by atoms with Crippen LogP contribution in [0.1, 0.15) is 51.3 Å². The molecule has 0 saturated carbocycles. The van der Waals surface area contributed by atoms with Crippen molar-refractivity contribution >= 4 is 17.0 Å². The Bertz CT molecular complexity index is 318. The van der Waals surface area contributed by atoms with Crippen molar-refractivity contribution in [3.05, 3.63) is 15.8 Å². The first-order valence-electron chi connectivity index (χ1n) is 5.74. The van der Waals surface area contributed by atoms with Crippen molar-refractivity contribution in [3.63, 3.8) is 0 Å². The van der Waals surface area contributed by atoms with Gasteiger partial charge in [0.25, 0.3) is 0 Å². The summed E-state index contributed by atoms with van der Waals surface area (Å²) in [6.45, 7) is 13.4. The van der Waals surface area contributed by atoms with Gasteiger partial charge in [0.2, 0.25) is 0 Å². The van der Waals surface area contributed by atoms with E-state index >= 15 is 0 Å². The Kier molecular flexibility index (Phi) is 3.82. The van der Waals surface area contributed by atoms with Gasteiger partial charge in [0.1, 0.15) is 0 Å². The van der Waals surface area contributed by atoms with Crippen LogP contribution in [0.15, 0.2) is 6.07 Å². The number of hydrogen-bond donors (Lipinski definition) is 1. The van der Waals surface area contributed by atoms with Gasteiger partial charge in [-0.2, -0.15) is 0 Å². The van der Waals surface area contributed by atoms with Crippen molar-refractivity contribution in [2.45, 2.75) is 59.4 Å². The predicted octanol–water partition coefficient (Wildman–Crippen LogP) is 4.43. The minimum absolute atomic E-state index is 0.269. The second kappa shape index (κ2) is 4.56. The molecule has 2 heteroatoms. The Labute approximate surface area is 97.9 Å². The first-order valence-corrected chi connectivity index (χ1v) is 6.56. The van der Waals surface area contributed by atoms with Gasteiger partial charge in [0.05, 0.1) is 0 Å². The van der Waals surface area contributed by atoms with Gasteiger partial charge in [-0.05, 0) is 31.7 Å². The highest BCUT2D eigenvalue weighted by molar-refractivity contribution is 7.12. The molecule has 0 atom stereocenters. The molecule has 1 aromatic rings. The maximum Gasteiger partial charge on any atom is 0.0486 e. The molecule has 0 aliphatic rings. The monoisotopic (exact) mass is 225 g/mol. The van der Waals surface area contributed by atoms with Crippen LogP contribution in [0, 0.1) is 0 Å². The van der Waals surface area contributed by atoms with Crippen LogP contribution in [-0.4, -0.2) is 6.04 Å². The molecule has 1 N–H and O–H groups in total. The van der Waals surface area contributed by atoms with E-state index in [1.807, 2.05) is 11.3 Å². The highest BCUT2D eigenvalue weighted by Gasteiger charge is 2.19. The number of nitrogens with one attached hydrogen (secondary N) is 1. The molecule has 1 heterocycles. The van der Waals surface area contributed by atoms with E-state index in [4.69, 9.17) is 0 Å². The van der Waals surface area contributed by atoms with E-state index in [2.05, 4.69) is 52.9 Å². The van der Waals surface area contributed by atoms with Crippen LogP contribution in [0.4, 0.5) is 5.69 Å². The average Bonchev–Trinajstić information content (AvgIpc) is 2.45. The molecular weight excluding hydrogens is 202 g/mol. The van der Waals surface area contributed by atoms with Crippen LogP contribution in [0.2, 0.25) is 0 Å². The number of hydrogen-bond acceptors (Lipinski definition) is 2. The third kappa shape index (κ3) is 3.23. The summed E-state index contributed by atoms with van der Waals surface area (Å²) < 4.78 is 0. The SMILES string of the molecule is CCc1sc(C(C)(C)C)cc1NC(C)C. The highest BCUT2D eigenvalue weighted by atomic mass is 32.1. The molecule has 0 fully saturated rings. The van der Waals surface area contributed by atoms with Gasteiger partial charge in [-0.25, -0.2) is 0 Å². The molecule has 1 rings (SSSR count). The van der Waals surface area contributed by atoms with Gasteiger partial charge < -0.3 is 5.32 Å². The second-order valence-corrected chi connectivity index (χ2v) is 6.49. The molecular formula is C13H23NS. The largest absolute Gasteiger partial charge is 0.382 e. The Hall–Kier alpha value is -0.500. The van der Waals surface area contributed by atoms with E-state index in [0.717, 1.165) is 6.42 Å². The van der Waals surface area contributed by atoms with Gasteiger partial charge in [0, 0.05) is 21.5 Å². The van der Waals surface area contributed by atoms with Crippen LogP contribution < -0.4 is 5.32 Å². The zero-order valence-electron chi connectivity index (χ0n) is 10.8. The van der Waals surface area contributed by atoms with Crippen LogP contribution in [-0.2, 0) is 11.8 Å². The summed E-state index contributed by atoms with van der Waals surface area (Å²) in [7, 11) is 0. The third-order valence-corrected chi connectivity index (χ3v) is 4.02. The first-order chi connectivity index (χ1) is 6.84. The van der Waals surface area contributed by atoms with Crippen molar-refractivity contribution in [2.75, 3.05) is 5.32 Å². The highest BCUT2D eigenvalue weighted by Crippen LogP contribution is 2.35. The molecule has 0 unspecified atom stereocenters. The standard InChI is InChI=1S/C13H23NS/c1-7-11-10(14-9(2)3)8-12(15-11)13(4,5)6/h8-9,14H,7H2,1-6H3. The summed E-state index contributed by atoms with van der Waals surface area (Å²) in [5.41, 5.74) is 1.60. The summed E-state index contributed by atoms with van der Waals surface area (Å²) in [6.07, 6.45) is 1.12. The van der Waals surface area contributed by atoms with Crippen molar-refractivity contribution in [1.29, 1.82) is 0 Å². The first kappa shape index (κ1) is 12.6. The molecule has 0 amide bonds. The van der Waals surface area contributed by atoms with E-state index in [1.54, 1.807) is 0 Å².